The van der Waals surface area contributed by atoms with Gasteiger partial charge in [-0.25, -0.2) is 4.79 Å². The van der Waals surface area contributed by atoms with Gasteiger partial charge in [-0.05, 0) is 26.3 Å². The number of ether oxygens (including phenoxy) is 1. The van der Waals surface area contributed by atoms with E-state index >= 15 is 0 Å². The molecular formula is C12H18N2O2. The number of rotatable bonds is 4. The number of alkyl carbamates (subject to hydrolysis) is 1. The van der Waals surface area contributed by atoms with Gasteiger partial charge < -0.3 is 10.1 Å². The summed E-state index contributed by atoms with van der Waals surface area (Å²) in [5.74, 6) is 0. The van der Waals surface area contributed by atoms with Gasteiger partial charge in [0.25, 0.3) is 0 Å². The first kappa shape index (κ1) is 12.5. The van der Waals surface area contributed by atoms with Gasteiger partial charge in [-0.3, -0.25) is 4.98 Å². The van der Waals surface area contributed by atoms with Gasteiger partial charge in [-0.1, -0.05) is 13.0 Å². The predicted molar refractivity (Wildman–Crippen MR) is 61.9 cm³/mol. The Bertz CT molecular complexity index is 336. The zero-order valence-electron chi connectivity index (χ0n) is 9.99. The van der Waals surface area contributed by atoms with E-state index in [1.54, 1.807) is 12.4 Å². The van der Waals surface area contributed by atoms with Gasteiger partial charge in [0.05, 0.1) is 0 Å². The van der Waals surface area contributed by atoms with Gasteiger partial charge in [0.1, 0.15) is 6.61 Å². The summed E-state index contributed by atoms with van der Waals surface area (Å²) in [5, 5.41) is 2.79. The molecule has 0 atom stereocenters. The van der Waals surface area contributed by atoms with Crippen molar-refractivity contribution in [2.75, 3.05) is 0 Å². The Kier molecular flexibility index (Phi) is 4.28. The van der Waals surface area contributed by atoms with Crippen molar-refractivity contribution in [3.8, 4) is 0 Å². The van der Waals surface area contributed by atoms with Crippen molar-refractivity contribution in [3.63, 3.8) is 0 Å². The average molecular weight is 222 g/mol. The molecule has 1 amide bonds. The first-order valence-electron chi connectivity index (χ1n) is 5.37. The van der Waals surface area contributed by atoms with E-state index in [9.17, 15) is 4.79 Å². The molecule has 0 fully saturated rings. The van der Waals surface area contributed by atoms with E-state index < -0.39 is 6.09 Å². The quantitative estimate of drug-likeness (QED) is 0.851. The summed E-state index contributed by atoms with van der Waals surface area (Å²) < 4.78 is 5.08. The molecule has 1 aromatic rings. The summed E-state index contributed by atoms with van der Waals surface area (Å²) in [6.45, 7) is 6.18. The smallest absolute Gasteiger partial charge is 0.407 e. The first-order valence-corrected chi connectivity index (χ1v) is 5.37. The summed E-state index contributed by atoms with van der Waals surface area (Å²) in [6, 6.07) is 3.68. The predicted octanol–water partition coefficient (Wildman–Crippen LogP) is 2.50. The van der Waals surface area contributed by atoms with Crippen molar-refractivity contribution in [1.82, 2.24) is 10.3 Å². The largest absolute Gasteiger partial charge is 0.445 e. The van der Waals surface area contributed by atoms with Crippen molar-refractivity contribution in [2.45, 2.75) is 39.3 Å². The Morgan fingerprint density at radius 2 is 2.31 bits per heavy atom. The molecule has 88 valence electrons. The minimum absolute atomic E-state index is 0.230. The Hall–Kier alpha value is -1.58. The van der Waals surface area contributed by atoms with E-state index in [1.807, 2.05) is 32.9 Å². The SMILES string of the molecule is CCC(C)(C)NC(=O)OCc1cccnc1. The lowest BCUT2D eigenvalue weighted by Gasteiger charge is -2.23. The van der Waals surface area contributed by atoms with Crippen LogP contribution in [0.3, 0.4) is 0 Å². The maximum Gasteiger partial charge on any atom is 0.407 e. The molecule has 1 N–H and O–H groups in total. The molecule has 0 radical (unpaired) electrons. The second-order valence-corrected chi connectivity index (χ2v) is 4.30. The summed E-state index contributed by atoms with van der Waals surface area (Å²) in [5.41, 5.74) is 0.651. The molecule has 0 aliphatic carbocycles. The number of nitrogens with zero attached hydrogens (tertiary/aromatic N) is 1. The highest BCUT2D eigenvalue weighted by Gasteiger charge is 2.18. The molecule has 0 saturated heterocycles. The van der Waals surface area contributed by atoms with Crippen LogP contribution >= 0.6 is 0 Å². The standard InChI is InChI=1S/C12H18N2O2/c1-4-12(2,3)14-11(15)16-9-10-6-5-7-13-8-10/h5-8H,4,9H2,1-3H3,(H,14,15). The molecule has 0 unspecified atom stereocenters. The highest BCUT2D eigenvalue weighted by Crippen LogP contribution is 2.07. The van der Waals surface area contributed by atoms with Crippen LogP contribution in [0.15, 0.2) is 24.5 Å². The minimum Gasteiger partial charge on any atom is -0.445 e. The summed E-state index contributed by atoms with van der Waals surface area (Å²) in [6.07, 6.45) is 3.83. The van der Waals surface area contributed by atoms with E-state index in [-0.39, 0.29) is 12.1 Å². The molecule has 0 spiro atoms. The van der Waals surface area contributed by atoms with E-state index in [0.717, 1.165) is 12.0 Å². The van der Waals surface area contributed by atoms with Crippen LogP contribution in [0.1, 0.15) is 32.8 Å². The van der Waals surface area contributed by atoms with Crippen LogP contribution in [0.4, 0.5) is 4.79 Å². The fourth-order valence-electron chi connectivity index (χ4n) is 1.03. The highest BCUT2D eigenvalue weighted by atomic mass is 16.5. The second kappa shape index (κ2) is 5.49. The molecule has 4 nitrogen and oxygen atoms in total. The van der Waals surface area contributed by atoms with Crippen LogP contribution in [0.5, 0.6) is 0 Å². The van der Waals surface area contributed by atoms with Crippen LogP contribution in [-0.4, -0.2) is 16.6 Å². The number of hydrogen-bond acceptors (Lipinski definition) is 3. The second-order valence-electron chi connectivity index (χ2n) is 4.30. The molecular weight excluding hydrogens is 204 g/mol. The molecule has 1 rings (SSSR count). The zero-order chi connectivity index (χ0) is 12.0. The number of carbonyl (C=O) groups excluding carboxylic acids is 1. The number of nitrogens with one attached hydrogen (secondary N) is 1. The molecule has 0 aromatic carbocycles. The van der Waals surface area contributed by atoms with Gasteiger partial charge in [-0.15, -0.1) is 0 Å². The maximum atomic E-state index is 11.4. The molecule has 1 heterocycles. The summed E-state index contributed by atoms with van der Waals surface area (Å²) in [4.78, 5) is 15.4. The summed E-state index contributed by atoms with van der Waals surface area (Å²) >= 11 is 0. The highest BCUT2D eigenvalue weighted by molar-refractivity contribution is 5.68. The Morgan fingerprint density at radius 1 is 1.56 bits per heavy atom. The third-order valence-electron chi connectivity index (χ3n) is 2.42. The van der Waals surface area contributed by atoms with Gasteiger partial charge >= 0.3 is 6.09 Å². The monoisotopic (exact) mass is 222 g/mol. The van der Waals surface area contributed by atoms with Crippen molar-refractivity contribution in [2.24, 2.45) is 0 Å². The molecule has 0 aliphatic rings. The van der Waals surface area contributed by atoms with Gasteiger partial charge in [0.2, 0.25) is 0 Å². The molecule has 1 aromatic heterocycles. The van der Waals surface area contributed by atoms with E-state index in [0.29, 0.717) is 0 Å². The number of carbonyl (C=O) groups is 1. The molecule has 16 heavy (non-hydrogen) atoms. The normalized spacial score (nSPS) is 10.9. The van der Waals surface area contributed by atoms with E-state index in [2.05, 4.69) is 10.3 Å². The topological polar surface area (TPSA) is 51.2 Å². The molecule has 4 heteroatoms. The van der Waals surface area contributed by atoms with Crippen LogP contribution in [-0.2, 0) is 11.3 Å². The number of aromatic nitrogens is 1. The van der Waals surface area contributed by atoms with Crippen molar-refractivity contribution < 1.29 is 9.53 Å². The van der Waals surface area contributed by atoms with Crippen LogP contribution in [0.2, 0.25) is 0 Å². The number of amides is 1. The fourth-order valence-corrected chi connectivity index (χ4v) is 1.03. The maximum absolute atomic E-state index is 11.4. The lowest BCUT2D eigenvalue weighted by Crippen LogP contribution is -2.42. The van der Waals surface area contributed by atoms with Gasteiger partial charge in [-0.2, -0.15) is 0 Å². The van der Waals surface area contributed by atoms with Crippen LogP contribution in [0.25, 0.3) is 0 Å². The third kappa shape index (κ3) is 4.29. The fraction of sp³-hybridized carbons (Fsp3) is 0.500. The van der Waals surface area contributed by atoms with E-state index in [1.165, 1.54) is 0 Å². The summed E-state index contributed by atoms with van der Waals surface area (Å²) in [7, 11) is 0. The molecule has 0 bridgehead atoms. The Labute approximate surface area is 96.0 Å². The lowest BCUT2D eigenvalue weighted by molar-refractivity contribution is 0.129. The van der Waals surface area contributed by atoms with Crippen molar-refractivity contribution >= 4 is 6.09 Å². The van der Waals surface area contributed by atoms with Crippen LogP contribution < -0.4 is 5.32 Å². The number of pyridine rings is 1. The average Bonchev–Trinajstić information content (AvgIpc) is 2.27. The molecule has 0 saturated carbocycles. The zero-order valence-corrected chi connectivity index (χ0v) is 9.99. The first-order chi connectivity index (χ1) is 7.53. The van der Waals surface area contributed by atoms with Crippen molar-refractivity contribution in [1.29, 1.82) is 0 Å². The Balaban J connectivity index is 2.36. The van der Waals surface area contributed by atoms with Gasteiger partial charge in [0.15, 0.2) is 0 Å². The van der Waals surface area contributed by atoms with Crippen molar-refractivity contribution in [3.05, 3.63) is 30.1 Å². The minimum atomic E-state index is -0.393. The molecule has 0 aliphatic heterocycles. The Morgan fingerprint density at radius 3 is 2.88 bits per heavy atom. The third-order valence-corrected chi connectivity index (χ3v) is 2.42. The van der Waals surface area contributed by atoms with Gasteiger partial charge in [0, 0.05) is 23.5 Å². The lowest BCUT2D eigenvalue weighted by atomic mass is 10.0. The number of hydrogen-bond donors (Lipinski definition) is 1. The van der Waals surface area contributed by atoms with Crippen LogP contribution in [0, 0.1) is 0 Å². The van der Waals surface area contributed by atoms with E-state index in [4.69, 9.17) is 4.74 Å².